The van der Waals surface area contributed by atoms with E-state index in [0.717, 1.165) is 32.4 Å². The van der Waals surface area contributed by atoms with Gasteiger partial charge in [-0.05, 0) is 30.7 Å². The third-order valence-corrected chi connectivity index (χ3v) is 4.19. The maximum absolute atomic E-state index is 12.8. The number of benzene rings is 1. The number of nitrogens with zero attached hydrogens (tertiary/aromatic N) is 1. The molecule has 1 aliphatic heterocycles. The van der Waals surface area contributed by atoms with Crippen molar-refractivity contribution in [3.05, 3.63) is 35.9 Å². The molecule has 1 saturated heterocycles. The number of amides is 1. The van der Waals surface area contributed by atoms with Crippen LogP contribution in [-0.2, 0) is 11.2 Å². The molecule has 1 fully saturated rings. The number of rotatable bonds is 4. The summed E-state index contributed by atoms with van der Waals surface area (Å²) in [5.74, 6) is 0.683. The minimum absolute atomic E-state index is 0. The summed E-state index contributed by atoms with van der Waals surface area (Å²) >= 11 is 0. The molecule has 21 heavy (non-hydrogen) atoms. The summed E-state index contributed by atoms with van der Waals surface area (Å²) in [5, 5.41) is 0. The van der Waals surface area contributed by atoms with Gasteiger partial charge in [0.2, 0.25) is 5.91 Å². The maximum Gasteiger partial charge on any atom is 0.226 e. The summed E-state index contributed by atoms with van der Waals surface area (Å²) in [6.45, 7) is 5.85. The van der Waals surface area contributed by atoms with Crippen molar-refractivity contribution in [2.75, 3.05) is 13.1 Å². The highest BCUT2D eigenvalue weighted by Gasteiger charge is 2.29. The van der Waals surface area contributed by atoms with Crippen molar-refractivity contribution in [3.8, 4) is 0 Å². The molecular weight excluding hydrogens is 284 g/mol. The van der Waals surface area contributed by atoms with Crippen molar-refractivity contribution in [1.82, 2.24) is 4.90 Å². The predicted octanol–water partition coefficient (Wildman–Crippen LogP) is 2.87. The second kappa shape index (κ2) is 8.40. The van der Waals surface area contributed by atoms with Crippen LogP contribution in [0.15, 0.2) is 30.3 Å². The van der Waals surface area contributed by atoms with Gasteiger partial charge in [0.05, 0.1) is 0 Å². The van der Waals surface area contributed by atoms with Gasteiger partial charge in [-0.1, -0.05) is 44.2 Å². The van der Waals surface area contributed by atoms with E-state index in [4.69, 9.17) is 5.73 Å². The highest BCUT2D eigenvalue weighted by atomic mass is 35.5. The van der Waals surface area contributed by atoms with Crippen LogP contribution < -0.4 is 5.73 Å². The van der Waals surface area contributed by atoms with Gasteiger partial charge in [-0.15, -0.1) is 12.4 Å². The molecule has 0 aromatic heterocycles. The van der Waals surface area contributed by atoms with Crippen LogP contribution in [0, 0.1) is 11.8 Å². The molecule has 1 aromatic rings. The molecule has 1 aromatic carbocycles. The van der Waals surface area contributed by atoms with Crippen molar-refractivity contribution in [3.63, 3.8) is 0 Å². The molecule has 2 atom stereocenters. The van der Waals surface area contributed by atoms with Crippen molar-refractivity contribution in [1.29, 1.82) is 0 Å². The van der Waals surface area contributed by atoms with Crippen LogP contribution in [0.5, 0.6) is 0 Å². The predicted molar refractivity (Wildman–Crippen MR) is 89.5 cm³/mol. The lowest BCUT2D eigenvalue weighted by Crippen LogP contribution is -2.48. The van der Waals surface area contributed by atoms with E-state index in [9.17, 15) is 4.79 Å². The summed E-state index contributed by atoms with van der Waals surface area (Å²) in [7, 11) is 0. The zero-order valence-electron chi connectivity index (χ0n) is 13.0. The number of likely N-dealkylation sites (tertiary alicyclic amines) is 1. The Hall–Kier alpha value is -1.06. The number of nitrogens with two attached hydrogens (primary N) is 1. The molecular formula is C17H27ClN2O. The lowest BCUT2D eigenvalue weighted by Gasteiger charge is -2.34. The maximum atomic E-state index is 12.8. The van der Waals surface area contributed by atoms with Crippen LogP contribution in [0.25, 0.3) is 0 Å². The Kier molecular flexibility index (Phi) is 7.20. The largest absolute Gasteiger partial charge is 0.341 e. The van der Waals surface area contributed by atoms with Gasteiger partial charge in [0.25, 0.3) is 0 Å². The molecule has 3 nitrogen and oxygen atoms in total. The number of halogens is 1. The van der Waals surface area contributed by atoms with Gasteiger partial charge < -0.3 is 10.6 Å². The van der Waals surface area contributed by atoms with Crippen LogP contribution in [-0.4, -0.2) is 29.9 Å². The lowest BCUT2D eigenvalue weighted by atomic mass is 9.87. The third kappa shape index (κ3) is 5.01. The first-order valence-corrected chi connectivity index (χ1v) is 7.66. The second-order valence-corrected chi connectivity index (χ2v) is 6.23. The Morgan fingerprint density at radius 1 is 1.33 bits per heavy atom. The van der Waals surface area contributed by atoms with E-state index in [0.29, 0.717) is 5.92 Å². The molecule has 0 saturated carbocycles. The standard InChI is InChI=1S/C17H26N2O.ClH/c1-13(2)16(11-14-7-4-3-5-8-14)17(20)19-10-6-9-15(18)12-19;/h3-5,7-8,13,15-16H,6,9-12,18H2,1-2H3;1H. The van der Waals surface area contributed by atoms with E-state index in [-0.39, 0.29) is 30.3 Å². The molecule has 2 rings (SSSR count). The van der Waals surface area contributed by atoms with Gasteiger partial charge in [-0.3, -0.25) is 4.79 Å². The first kappa shape index (κ1) is 18.0. The van der Waals surface area contributed by atoms with Crippen molar-refractivity contribution >= 4 is 18.3 Å². The average molecular weight is 311 g/mol. The second-order valence-electron chi connectivity index (χ2n) is 6.23. The summed E-state index contributed by atoms with van der Waals surface area (Å²) < 4.78 is 0. The first-order chi connectivity index (χ1) is 9.58. The smallest absolute Gasteiger partial charge is 0.226 e. The van der Waals surface area contributed by atoms with E-state index >= 15 is 0 Å². The molecule has 0 aliphatic carbocycles. The fourth-order valence-corrected chi connectivity index (χ4v) is 2.92. The molecule has 1 aliphatic rings. The van der Waals surface area contributed by atoms with Crippen LogP contribution in [0.4, 0.5) is 0 Å². The van der Waals surface area contributed by atoms with Crippen LogP contribution in [0.2, 0.25) is 0 Å². The first-order valence-electron chi connectivity index (χ1n) is 7.66. The number of hydrogen-bond acceptors (Lipinski definition) is 2. The molecule has 1 heterocycles. The van der Waals surface area contributed by atoms with Gasteiger partial charge in [-0.25, -0.2) is 0 Å². The number of hydrogen-bond donors (Lipinski definition) is 1. The van der Waals surface area contributed by atoms with Gasteiger partial charge in [0.15, 0.2) is 0 Å². The normalized spacial score (nSPS) is 20.0. The fourth-order valence-electron chi connectivity index (χ4n) is 2.92. The van der Waals surface area contributed by atoms with E-state index < -0.39 is 0 Å². The van der Waals surface area contributed by atoms with E-state index in [1.54, 1.807) is 0 Å². The number of carbonyl (C=O) groups is 1. The monoisotopic (exact) mass is 310 g/mol. The highest BCUT2D eigenvalue weighted by molar-refractivity contribution is 5.85. The SMILES string of the molecule is CC(C)C(Cc1ccccc1)C(=O)N1CCCC(N)C1.Cl. The Morgan fingerprint density at radius 3 is 2.57 bits per heavy atom. The quantitative estimate of drug-likeness (QED) is 0.929. The molecule has 2 N–H and O–H groups in total. The Bertz CT molecular complexity index is 436. The Balaban J connectivity index is 0.00000220. The summed E-state index contributed by atoms with van der Waals surface area (Å²) in [5.41, 5.74) is 7.23. The number of carbonyl (C=O) groups excluding carboxylic acids is 1. The van der Waals surface area contributed by atoms with Gasteiger partial charge >= 0.3 is 0 Å². The average Bonchev–Trinajstić information content (AvgIpc) is 2.45. The fraction of sp³-hybridized carbons (Fsp3) is 0.588. The van der Waals surface area contributed by atoms with Crippen molar-refractivity contribution < 1.29 is 4.79 Å². The number of piperidine rings is 1. The molecule has 0 radical (unpaired) electrons. The van der Waals surface area contributed by atoms with Crippen LogP contribution in [0.1, 0.15) is 32.3 Å². The van der Waals surface area contributed by atoms with Crippen LogP contribution in [0.3, 0.4) is 0 Å². The summed E-state index contributed by atoms with van der Waals surface area (Å²) in [6, 6.07) is 10.4. The molecule has 2 unspecified atom stereocenters. The van der Waals surface area contributed by atoms with E-state index in [2.05, 4.69) is 26.0 Å². The topological polar surface area (TPSA) is 46.3 Å². The summed E-state index contributed by atoms with van der Waals surface area (Å²) in [4.78, 5) is 14.7. The molecule has 0 bridgehead atoms. The third-order valence-electron chi connectivity index (χ3n) is 4.19. The zero-order chi connectivity index (χ0) is 14.5. The van der Waals surface area contributed by atoms with Crippen molar-refractivity contribution in [2.45, 2.75) is 39.2 Å². The molecule has 1 amide bonds. The molecule has 4 heteroatoms. The molecule has 0 spiro atoms. The zero-order valence-corrected chi connectivity index (χ0v) is 13.8. The van der Waals surface area contributed by atoms with Gasteiger partial charge in [0, 0.05) is 25.0 Å². The minimum atomic E-state index is 0. The van der Waals surface area contributed by atoms with Crippen molar-refractivity contribution in [2.24, 2.45) is 17.6 Å². The van der Waals surface area contributed by atoms with Crippen LogP contribution >= 0.6 is 12.4 Å². The Morgan fingerprint density at radius 2 is 2.00 bits per heavy atom. The molecule has 118 valence electrons. The van der Waals surface area contributed by atoms with E-state index in [1.807, 2.05) is 23.1 Å². The van der Waals surface area contributed by atoms with Gasteiger partial charge in [0.1, 0.15) is 0 Å². The summed E-state index contributed by atoms with van der Waals surface area (Å²) in [6.07, 6.45) is 2.89. The van der Waals surface area contributed by atoms with Gasteiger partial charge in [-0.2, -0.15) is 0 Å². The highest BCUT2D eigenvalue weighted by Crippen LogP contribution is 2.22. The minimum Gasteiger partial charge on any atom is -0.341 e. The van der Waals surface area contributed by atoms with E-state index in [1.165, 1.54) is 5.56 Å². The lowest BCUT2D eigenvalue weighted by molar-refractivity contribution is -0.138. The Labute approximate surface area is 134 Å².